The van der Waals surface area contributed by atoms with E-state index in [4.69, 9.17) is 4.74 Å². The van der Waals surface area contributed by atoms with Crippen molar-refractivity contribution in [2.24, 2.45) is 5.41 Å². The first-order valence-corrected chi connectivity index (χ1v) is 11.1. The lowest BCUT2D eigenvalue weighted by molar-refractivity contribution is -0.130. The summed E-state index contributed by atoms with van der Waals surface area (Å²) in [6, 6.07) is 14.1. The van der Waals surface area contributed by atoms with E-state index in [0.717, 1.165) is 49.4 Å². The van der Waals surface area contributed by atoms with Gasteiger partial charge in [0, 0.05) is 41.8 Å². The Morgan fingerprint density at radius 3 is 2.66 bits per heavy atom. The van der Waals surface area contributed by atoms with E-state index in [0.29, 0.717) is 6.61 Å². The summed E-state index contributed by atoms with van der Waals surface area (Å²) >= 11 is 1.75. The van der Waals surface area contributed by atoms with Gasteiger partial charge >= 0.3 is 0 Å². The molecule has 2 aromatic rings. The fourth-order valence-corrected chi connectivity index (χ4v) is 4.30. The molecular formula is C23H31N3O2S. The number of piperidine rings is 1. The largest absolute Gasteiger partial charge is 0.494 e. The van der Waals surface area contributed by atoms with Crippen molar-refractivity contribution in [3.8, 4) is 5.75 Å². The van der Waals surface area contributed by atoms with Crippen molar-refractivity contribution in [2.75, 3.05) is 19.7 Å². The van der Waals surface area contributed by atoms with Crippen LogP contribution in [0.3, 0.4) is 0 Å². The lowest BCUT2D eigenvalue weighted by Crippen LogP contribution is -2.47. The molecule has 0 radical (unpaired) electrons. The van der Waals surface area contributed by atoms with Crippen molar-refractivity contribution in [3.63, 3.8) is 0 Å². The number of para-hydroxylation sites is 1. The number of aromatic nitrogens is 1. The fourth-order valence-electron chi connectivity index (χ4n) is 3.36. The van der Waals surface area contributed by atoms with Gasteiger partial charge in [-0.05, 0) is 61.9 Å². The van der Waals surface area contributed by atoms with Crippen LogP contribution in [0, 0.1) is 5.41 Å². The highest BCUT2D eigenvalue weighted by Gasteiger charge is 2.30. The van der Waals surface area contributed by atoms with E-state index >= 15 is 0 Å². The van der Waals surface area contributed by atoms with E-state index in [1.807, 2.05) is 56.4 Å². The monoisotopic (exact) mass is 413 g/mol. The van der Waals surface area contributed by atoms with E-state index in [1.165, 1.54) is 0 Å². The van der Waals surface area contributed by atoms with Gasteiger partial charge in [0.25, 0.3) is 0 Å². The van der Waals surface area contributed by atoms with Gasteiger partial charge in [-0.1, -0.05) is 32.0 Å². The average molecular weight is 414 g/mol. The molecule has 1 amide bonds. The predicted octanol–water partition coefficient (Wildman–Crippen LogP) is 4.55. The molecule has 1 aromatic heterocycles. The van der Waals surface area contributed by atoms with Crippen LogP contribution in [-0.4, -0.2) is 40.9 Å². The summed E-state index contributed by atoms with van der Waals surface area (Å²) in [5, 5.41) is 3.27. The van der Waals surface area contributed by atoms with E-state index < -0.39 is 0 Å². The molecule has 1 aliphatic heterocycles. The zero-order valence-electron chi connectivity index (χ0n) is 17.3. The molecule has 0 aliphatic carbocycles. The molecule has 0 atom stereocenters. The molecule has 0 spiro atoms. The molecule has 2 heterocycles. The second-order valence-corrected chi connectivity index (χ2v) is 9.28. The summed E-state index contributed by atoms with van der Waals surface area (Å²) in [6.45, 7) is 6.62. The third-order valence-electron chi connectivity index (χ3n) is 5.23. The van der Waals surface area contributed by atoms with Crippen molar-refractivity contribution in [2.45, 2.75) is 50.5 Å². The van der Waals surface area contributed by atoms with Gasteiger partial charge in [0.1, 0.15) is 5.75 Å². The zero-order valence-corrected chi connectivity index (χ0v) is 18.2. The van der Waals surface area contributed by atoms with E-state index in [9.17, 15) is 4.79 Å². The molecule has 29 heavy (non-hydrogen) atoms. The third kappa shape index (κ3) is 7.05. The summed E-state index contributed by atoms with van der Waals surface area (Å²) < 4.78 is 8.10. The Kier molecular flexibility index (Phi) is 7.95. The molecule has 3 rings (SSSR count). The molecule has 0 unspecified atom stereocenters. The maximum atomic E-state index is 12.8. The van der Waals surface area contributed by atoms with Crippen molar-refractivity contribution < 1.29 is 9.53 Å². The van der Waals surface area contributed by atoms with Gasteiger partial charge in [0.2, 0.25) is 5.91 Å². The number of hydrogen-bond acceptors (Lipinski definition) is 5. The summed E-state index contributed by atoms with van der Waals surface area (Å²) in [4.78, 5) is 18.1. The number of ether oxygens (including phenoxy) is 1. The molecule has 1 aromatic carbocycles. The molecular weight excluding hydrogens is 382 g/mol. The van der Waals surface area contributed by atoms with Crippen LogP contribution in [0.15, 0.2) is 59.8 Å². The highest BCUT2D eigenvalue weighted by atomic mass is 32.2. The number of nitrogens with one attached hydrogen (secondary N) is 1. The van der Waals surface area contributed by atoms with E-state index in [-0.39, 0.29) is 17.4 Å². The fraction of sp³-hybridized carbons (Fsp3) is 0.478. The highest BCUT2D eigenvalue weighted by molar-refractivity contribution is 7.97. The quantitative estimate of drug-likeness (QED) is 0.483. The second kappa shape index (κ2) is 10.6. The number of carbonyl (C=O) groups is 1. The van der Waals surface area contributed by atoms with Gasteiger partial charge < -0.3 is 10.1 Å². The minimum Gasteiger partial charge on any atom is -0.494 e. The first-order valence-electron chi connectivity index (χ1n) is 10.3. The number of rotatable bonds is 9. The number of pyridine rings is 1. The van der Waals surface area contributed by atoms with Crippen LogP contribution in [0.1, 0.15) is 39.5 Å². The van der Waals surface area contributed by atoms with Gasteiger partial charge in [-0.15, -0.1) is 0 Å². The summed E-state index contributed by atoms with van der Waals surface area (Å²) in [7, 11) is 0. The average Bonchev–Trinajstić information content (AvgIpc) is 2.74. The Morgan fingerprint density at radius 1 is 1.21 bits per heavy atom. The van der Waals surface area contributed by atoms with Gasteiger partial charge in [-0.2, -0.15) is 0 Å². The summed E-state index contributed by atoms with van der Waals surface area (Å²) in [5.41, 5.74) is -0.387. The van der Waals surface area contributed by atoms with Crippen molar-refractivity contribution in [1.29, 1.82) is 0 Å². The van der Waals surface area contributed by atoms with E-state index in [2.05, 4.69) is 20.7 Å². The van der Waals surface area contributed by atoms with Gasteiger partial charge in [-0.3, -0.25) is 9.78 Å². The zero-order chi connectivity index (χ0) is 20.5. The van der Waals surface area contributed by atoms with Crippen molar-refractivity contribution in [1.82, 2.24) is 14.6 Å². The Labute approximate surface area is 178 Å². The second-order valence-electron chi connectivity index (χ2n) is 8.11. The molecule has 0 bridgehead atoms. The minimum absolute atomic E-state index is 0.149. The number of nitrogens with zero attached hydrogens (tertiary/aromatic N) is 2. The molecule has 0 saturated carbocycles. The molecule has 5 nitrogen and oxygen atoms in total. The molecule has 156 valence electrons. The standard InChI is InChI=1S/C23H31N3O2S/c1-23(2,13-7-17-28-20-8-4-3-5-9-20)22(27)25-19-11-15-26(16-12-19)29-21-10-6-14-24-18-21/h3-6,8-10,14,18-19H,7,11-13,15-17H2,1-2H3,(H,25,27). The topological polar surface area (TPSA) is 54.5 Å². The highest BCUT2D eigenvalue weighted by Crippen LogP contribution is 2.27. The van der Waals surface area contributed by atoms with Crippen LogP contribution in [-0.2, 0) is 4.79 Å². The predicted molar refractivity (Wildman–Crippen MR) is 118 cm³/mol. The van der Waals surface area contributed by atoms with Crippen LogP contribution in [0.2, 0.25) is 0 Å². The molecule has 1 N–H and O–H groups in total. The summed E-state index contributed by atoms with van der Waals surface area (Å²) in [6.07, 6.45) is 7.30. The van der Waals surface area contributed by atoms with Crippen LogP contribution in [0.5, 0.6) is 5.75 Å². The maximum absolute atomic E-state index is 12.8. The van der Waals surface area contributed by atoms with Crippen molar-refractivity contribution in [3.05, 3.63) is 54.9 Å². The SMILES string of the molecule is CC(C)(CCCOc1ccccc1)C(=O)NC1CCN(Sc2cccnc2)CC1. The van der Waals surface area contributed by atoms with Gasteiger partial charge in [0.05, 0.1) is 6.61 Å². The lowest BCUT2D eigenvalue weighted by atomic mass is 9.86. The molecule has 6 heteroatoms. The van der Waals surface area contributed by atoms with Crippen LogP contribution in [0.25, 0.3) is 0 Å². The smallest absolute Gasteiger partial charge is 0.225 e. The normalized spacial score (nSPS) is 15.8. The first kappa shape index (κ1) is 21.7. The first-order chi connectivity index (χ1) is 14.0. The lowest BCUT2D eigenvalue weighted by Gasteiger charge is -2.33. The Bertz CT molecular complexity index is 747. The summed E-state index contributed by atoms with van der Waals surface area (Å²) in [5.74, 6) is 1.03. The molecule has 1 aliphatic rings. The van der Waals surface area contributed by atoms with E-state index in [1.54, 1.807) is 18.1 Å². The van der Waals surface area contributed by atoms with Gasteiger partial charge in [0.15, 0.2) is 0 Å². The Hall–Kier alpha value is -2.05. The van der Waals surface area contributed by atoms with Crippen LogP contribution >= 0.6 is 11.9 Å². The number of hydrogen-bond donors (Lipinski definition) is 1. The molecule has 1 fully saturated rings. The number of amides is 1. The minimum atomic E-state index is -0.387. The number of benzene rings is 1. The van der Waals surface area contributed by atoms with Crippen LogP contribution < -0.4 is 10.1 Å². The van der Waals surface area contributed by atoms with Crippen molar-refractivity contribution >= 4 is 17.9 Å². The number of carbonyl (C=O) groups excluding carboxylic acids is 1. The molecule has 1 saturated heterocycles. The third-order valence-corrected chi connectivity index (χ3v) is 6.31. The van der Waals surface area contributed by atoms with Gasteiger partial charge in [-0.25, -0.2) is 4.31 Å². The Morgan fingerprint density at radius 2 is 1.97 bits per heavy atom. The van der Waals surface area contributed by atoms with Crippen LogP contribution in [0.4, 0.5) is 0 Å². The maximum Gasteiger partial charge on any atom is 0.225 e. The Balaban J connectivity index is 1.35.